The standard InChI is InChI=1S/C23H28O8/c1-25-16-6-12(7-17(26-2)20(16)24)21-14-10-31-22(15(14)11-30-21)13-8-18(27-3)23(29-5)19(9-13)28-4/h6-9,14-15,21-22,24H,10-11H2,1-5H3/t14-,15-,21?,22?/m1/s1. The minimum absolute atomic E-state index is 0.0266. The Hall–Kier alpha value is -2.84. The summed E-state index contributed by atoms with van der Waals surface area (Å²) in [7, 11) is 7.79. The van der Waals surface area contributed by atoms with Crippen molar-refractivity contribution in [3.63, 3.8) is 0 Å². The van der Waals surface area contributed by atoms with E-state index in [1.165, 1.54) is 14.2 Å². The molecule has 0 saturated carbocycles. The summed E-state index contributed by atoms with van der Waals surface area (Å²) in [5, 5.41) is 10.2. The number of hydrogen-bond acceptors (Lipinski definition) is 8. The van der Waals surface area contributed by atoms with Crippen LogP contribution >= 0.6 is 0 Å². The molecule has 1 N–H and O–H groups in total. The summed E-state index contributed by atoms with van der Waals surface area (Å²) in [6.07, 6.45) is -0.356. The van der Waals surface area contributed by atoms with Gasteiger partial charge in [0.05, 0.1) is 61.0 Å². The van der Waals surface area contributed by atoms with Gasteiger partial charge in [-0.05, 0) is 35.4 Å². The first-order valence-corrected chi connectivity index (χ1v) is 10.0. The van der Waals surface area contributed by atoms with Gasteiger partial charge in [0, 0.05) is 11.8 Å². The maximum Gasteiger partial charge on any atom is 0.203 e. The lowest BCUT2D eigenvalue weighted by Gasteiger charge is -2.20. The van der Waals surface area contributed by atoms with Crippen molar-refractivity contribution in [1.29, 1.82) is 0 Å². The molecule has 31 heavy (non-hydrogen) atoms. The molecule has 2 aliphatic rings. The second-order valence-corrected chi connectivity index (χ2v) is 7.57. The molecule has 2 fully saturated rings. The van der Waals surface area contributed by atoms with Gasteiger partial charge in [-0.15, -0.1) is 0 Å². The van der Waals surface area contributed by atoms with Crippen molar-refractivity contribution in [3.8, 4) is 34.5 Å². The molecule has 2 heterocycles. The van der Waals surface area contributed by atoms with Crippen molar-refractivity contribution in [3.05, 3.63) is 35.4 Å². The van der Waals surface area contributed by atoms with E-state index in [2.05, 4.69) is 0 Å². The van der Waals surface area contributed by atoms with E-state index < -0.39 is 0 Å². The van der Waals surface area contributed by atoms with E-state index >= 15 is 0 Å². The molecule has 2 unspecified atom stereocenters. The van der Waals surface area contributed by atoms with Crippen molar-refractivity contribution < 1.29 is 38.3 Å². The first-order chi connectivity index (χ1) is 15.1. The third-order valence-electron chi connectivity index (χ3n) is 6.11. The SMILES string of the molecule is COc1cc(C2OC[C@H]3C(c4cc(OC)c(OC)c(OC)c4)OC[C@@H]23)cc(OC)c1O. The first kappa shape index (κ1) is 21.4. The largest absolute Gasteiger partial charge is 0.502 e. The summed E-state index contributed by atoms with van der Waals surface area (Å²) >= 11 is 0. The van der Waals surface area contributed by atoms with E-state index in [9.17, 15) is 5.11 Å². The number of ether oxygens (including phenoxy) is 7. The molecular formula is C23H28O8. The molecule has 4 rings (SSSR count). The maximum atomic E-state index is 10.2. The van der Waals surface area contributed by atoms with Gasteiger partial charge in [-0.3, -0.25) is 0 Å². The van der Waals surface area contributed by atoms with Crippen LogP contribution in [0.15, 0.2) is 24.3 Å². The third-order valence-corrected chi connectivity index (χ3v) is 6.11. The molecule has 8 heteroatoms. The Bertz CT molecular complexity index is 893. The molecule has 0 aliphatic carbocycles. The van der Waals surface area contributed by atoms with Crippen molar-refractivity contribution in [2.45, 2.75) is 12.2 Å². The van der Waals surface area contributed by atoms with Crippen LogP contribution in [0.5, 0.6) is 34.5 Å². The highest BCUT2D eigenvalue weighted by atomic mass is 16.5. The predicted molar refractivity (Wildman–Crippen MR) is 112 cm³/mol. The highest BCUT2D eigenvalue weighted by Crippen LogP contribution is 2.53. The molecule has 0 radical (unpaired) electrons. The molecule has 2 saturated heterocycles. The Morgan fingerprint density at radius 3 is 1.39 bits per heavy atom. The number of benzene rings is 2. The number of hydrogen-bond donors (Lipinski definition) is 1. The smallest absolute Gasteiger partial charge is 0.203 e. The highest BCUT2D eigenvalue weighted by Gasteiger charge is 2.48. The normalized spacial score (nSPS) is 24.5. The van der Waals surface area contributed by atoms with Crippen LogP contribution < -0.4 is 23.7 Å². The Kier molecular flexibility index (Phi) is 6.02. The van der Waals surface area contributed by atoms with E-state index in [-0.39, 0.29) is 29.8 Å². The fourth-order valence-corrected chi connectivity index (χ4v) is 4.58. The van der Waals surface area contributed by atoms with Crippen molar-refractivity contribution in [2.24, 2.45) is 11.8 Å². The summed E-state index contributed by atoms with van der Waals surface area (Å²) < 4.78 is 39.5. The van der Waals surface area contributed by atoms with Gasteiger partial charge in [0.15, 0.2) is 23.0 Å². The highest BCUT2D eigenvalue weighted by molar-refractivity contribution is 5.55. The van der Waals surface area contributed by atoms with Gasteiger partial charge in [-0.2, -0.15) is 0 Å². The van der Waals surface area contributed by atoms with E-state index in [1.807, 2.05) is 12.1 Å². The minimum Gasteiger partial charge on any atom is -0.502 e. The van der Waals surface area contributed by atoms with Gasteiger partial charge in [0.25, 0.3) is 0 Å². The van der Waals surface area contributed by atoms with Crippen LogP contribution in [0.3, 0.4) is 0 Å². The molecule has 0 bridgehead atoms. The van der Waals surface area contributed by atoms with Crippen LogP contribution in [-0.4, -0.2) is 53.9 Å². The lowest BCUT2D eigenvalue weighted by Crippen LogP contribution is -2.15. The van der Waals surface area contributed by atoms with Gasteiger partial charge < -0.3 is 38.3 Å². The minimum atomic E-state index is -0.194. The molecule has 4 atom stereocenters. The molecule has 168 valence electrons. The number of aromatic hydroxyl groups is 1. The third kappa shape index (κ3) is 3.59. The van der Waals surface area contributed by atoms with Crippen LogP contribution in [0.25, 0.3) is 0 Å². The number of methoxy groups -OCH3 is 5. The average molecular weight is 432 g/mol. The summed E-state index contributed by atoms with van der Waals surface area (Å²) in [6.45, 7) is 1.09. The summed E-state index contributed by atoms with van der Waals surface area (Å²) in [4.78, 5) is 0. The van der Waals surface area contributed by atoms with Crippen molar-refractivity contribution in [2.75, 3.05) is 48.8 Å². The van der Waals surface area contributed by atoms with Crippen molar-refractivity contribution >= 4 is 0 Å². The lowest BCUT2D eigenvalue weighted by molar-refractivity contribution is 0.0190. The zero-order valence-corrected chi connectivity index (χ0v) is 18.3. The number of phenolic OH excluding ortho intramolecular Hbond substituents is 1. The van der Waals surface area contributed by atoms with Crippen LogP contribution in [0.1, 0.15) is 23.3 Å². The van der Waals surface area contributed by atoms with Gasteiger partial charge in [0.2, 0.25) is 11.5 Å². The topological polar surface area (TPSA) is 84.8 Å². The lowest BCUT2D eigenvalue weighted by atomic mass is 9.84. The molecule has 0 spiro atoms. The van der Waals surface area contributed by atoms with Crippen LogP contribution in [0, 0.1) is 11.8 Å². The molecule has 0 aromatic heterocycles. The number of rotatable bonds is 7. The van der Waals surface area contributed by atoms with Crippen LogP contribution in [-0.2, 0) is 9.47 Å². The second kappa shape index (κ2) is 8.72. The van der Waals surface area contributed by atoms with E-state index in [1.54, 1.807) is 33.5 Å². The zero-order chi connectivity index (χ0) is 22.1. The van der Waals surface area contributed by atoms with Crippen molar-refractivity contribution in [1.82, 2.24) is 0 Å². The Morgan fingerprint density at radius 1 is 0.645 bits per heavy atom. The fourth-order valence-electron chi connectivity index (χ4n) is 4.58. The van der Waals surface area contributed by atoms with E-state index in [4.69, 9.17) is 33.2 Å². The molecular weight excluding hydrogens is 404 g/mol. The zero-order valence-electron chi connectivity index (χ0n) is 18.3. The first-order valence-electron chi connectivity index (χ1n) is 10.0. The van der Waals surface area contributed by atoms with Crippen LogP contribution in [0.4, 0.5) is 0 Å². The van der Waals surface area contributed by atoms with E-state index in [0.29, 0.717) is 42.0 Å². The average Bonchev–Trinajstić information content (AvgIpc) is 3.40. The monoisotopic (exact) mass is 432 g/mol. The summed E-state index contributed by atoms with van der Waals surface area (Å²) in [5.74, 6) is 2.69. The molecule has 2 aromatic carbocycles. The molecule has 2 aromatic rings. The molecule has 0 amide bonds. The summed E-state index contributed by atoms with van der Waals surface area (Å²) in [6, 6.07) is 7.43. The molecule has 2 aliphatic heterocycles. The van der Waals surface area contributed by atoms with Gasteiger partial charge >= 0.3 is 0 Å². The quantitative estimate of drug-likeness (QED) is 0.712. The van der Waals surface area contributed by atoms with Crippen LogP contribution in [0.2, 0.25) is 0 Å². The fraction of sp³-hybridized carbons (Fsp3) is 0.478. The predicted octanol–water partition coefficient (Wildman–Crippen LogP) is 3.51. The Morgan fingerprint density at radius 2 is 1.03 bits per heavy atom. The number of fused-ring (bicyclic) bond motifs is 1. The van der Waals surface area contributed by atoms with Gasteiger partial charge in [-0.1, -0.05) is 0 Å². The van der Waals surface area contributed by atoms with E-state index in [0.717, 1.165) is 11.1 Å². The second-order valence-electron chi connectivity index (χ2n) is 7.57. The number of phenols is 1. The van der Waals surface area contributed by atoms with Gasteiger partial charge in [-0.25, -0.2) is 0 Å². The Labute approximate surface area is 181 Å². The Balaban J connectivity index is 1.64. The molecule has 8 nitrogen and oxygen atoms in total. The van der Waals surface area contributed by atoms with Gasteiger partial charge in [0.1, 0.15) is 0 Å². The maximum absolute atomic E-state index is 10.2. The summed E-state index contributed by atoms with van der Waals surface area (Å²) in [5.41, 5.74) is 1.83.